The molecular formula is C11H16O. The zero-order chi connectivity index (χ0) is 8.34. The molecule has 3 aliphatic rings. The Hall–Kier alpha value is -0.330. The van der Waals surface area contributed by atoms with Gasteiger partial charge >= 0.3 is 0 Å². The van der Waals surface area contributed by atoms with Crippen molar-refractivity contribution in [1.82, 2.24) is 0 Å². The Morgan fingerprint density at radius 2 is 2.25 bits per heavy atom. The molecule has 0 heterocycles. The average Bonchev–Trinajstić information content (AvgIpc) is 2.63. The molecule has 0 aromatic rings. The third-order valence-corrected chi connectivity index (χ3v) is 4.84. The second-order valence-corrected chi connectivity index (χ2v) is 5.22. The predicted octanol–water partition coefficient (Wildman–Crippen LogP) is 2.40. The van der Waals surface area contributed by atoms with Crippen LogP contribution in [0.2, 0.25) is 0 Å². The zero-order valence-corrected chi connectivity index (χ0v) is 7.68. The summed E-state index contributed by atoms with van der Waals surface area (Å²) >= 11 is 0. The molecule has 0 radical (unpaired) electrons. The van der Waals surface area contributed by atoms with E-state index in [-0.39, 0.29) is 0 Å². The van der Waals surface area contributed by atoms with E-state index in [1.54, 1.807) is 0 Å². The van der Waals surface area contributed by atoms with Gasteiger partial charge in [-0.3, -0.25) is 4.79 Å². The molecule has 2 bridgehead atoms. The van der Waals surface area contributed by atoms with Gasteiger partial charge in [-0.15, -0.1) is 0 Å². The Balaban J connectivity index is 2.05. The summed E-state index contributed by atoms with van der Waals surface area (Å²) < 4.78 is 0. The standard InChI is InChI=1S/C11H16O/c1-11-5-4-9(12)10(11)7-2-3-8(11)6-7/h7-8,10H,2-6H2,1H3/t7-,8+,10+,11+/m0/s1. The smallest absolute Gasteiger partial charge is 0.136 e. The molecule has 3 saturated carbocycles. The maximum absolute atomic E-state index is 11.7. The van der Waals surface area contributed by atoms with Gasteiger partial charge in [-0.25, -0.2) is 0 Å². The first kappa shape index (κ1) is 7.11. The minimum atomic E-state index is 0.444. The fraction of sp³-hybridized carbons (Fsp3) is 0.909. The van der Waals surface area contributed by atoms with Gasteiger partial charge in [0.05, 0.1) is 0 Å². The normalized spacial score (nSPS) is 56.4. The Kier molecular flexibility index (Phi) is 1.15. The number of hydrogen-bond donors (Lipinski definition) is 0. The highest BCUT2D eigenvalue weighted by atomic mass is 16.1. The lowest BCUT2D eigenvalue weighted by Gasteiger charge is -2.34. The number of rotatable bonds is 0. The molecule has 0 saturated heterocycles. The first-order valence-electron chi connectivity index (χ1n) is 5.24. The minimum absolute atomic E-state index is 0.444. The lowest BCUT2D eigenvalue weighted by atomic mass is 9.69. The summed E-state index contributed by atoms with van der Waals surface area (Å²) in [5.41, 5.74) is 0.444. The third-order valence-electron chi connectivity index (χ3n) is 4.84. The molecule has 0 unspecified atom stereocenters. The molecule has 0 amide bonds. The molecular weight excluding hydrogens is 148 g/mol. The van der Waals surface area contributed by atoms with Crippen LogP contribution < -0.4 is 0 Å². The second-order valence-electron chi connectivity index (χ2n) is 5.22. The van der Waals surface area contributed by atoms with Crippen LogP contribution in [0.15, 0.2) is 0 Å². The lowest BCUT2D eigenvalue weighted by molar-refractivity contribution is -0.123. The summed E-state index contributed by atoms with van der Waals surface area (Å²) in [6.45, 7) is 2.37. The number of hydrogen-bond acceptors (Lipinski definition) is 1. The Morgan fingerprint density at radius 1 is 1.42 bits per heavy atom. The summed E-state index contributed by atoms with van der Waals surface area (Å²) in [7, 11) is 0. The molecule has 0 aromatic carbocycles. The molecule has 1 nitrogen and oxygen atoms in total. The van der Waals surface area contributed by atoms with Gasteiger partial charge in [0.2, 0.25) is 0 Å². The van der Waals surface area contributed by atoms with Crippen molar-refractivity contribution in [3.05, 3.63) is 0 Å². The van der Waals surface area contributed by atoms with Gasteiger partial charge in [0, 0.05) is 12.3 Å². The van der Waals surface area contributed by atoms with E-state index in [9.17, 15) is 4.79 Å². The van der Waals surface area contributed by atoms with E-state index in [1.165, 1.54) is 25.7 Å². The summed E-state index contributed by atoms with van der Waals surface area (Å²) in [6, 6.07) is 0. The molecule has 3 fully saturated rings. The van der Waals surface area contributed by atoms with Crippen molar-refractivity contribution in [2.75, 3.05) is 0 Å². The topological polar surface area (TPSA) is 17.1 Å². The van der Waals surface area contributed by atoms with Crippen LogP contribution in [0.25, 0.3) is 0 Å². The monoisotopic (exact) mass is 164 g/mol. The average molecular weight is 164 g/mol. The zero-order valence-electron chi connectivity index (χ0n) is 7.68. The first-order valence-corrected chi connectivity index (χ1v) is 5.24. The lowest BCUT2D eigenvalue weighted by Crippen LogP contribution is -2.31. The fourth-order valence-corrected chi connectivity index (χ4v) is 4.25. The highest BCUT2D eigenvalue weighted by Crippen LogP contribution is 2.64. The number of carbonyl (C=O) groups is 1. The Labute approximate surface area is 73.5 Å². The van der Waals surface area contributed by atoms with Gasteiger partial charge in [-0.2, -0.15) is 0 Å². The van der Waals surface area contributed by atoms with Gasteiger partial charge < -0.3 is 0 Å². The van der Waals surface area contributed by atoms with Gasteiger partial charge in [0.25, 0.3) is 0 Å². The van der Waals surface area contributed by atoms with Gasteiger partial charge in [-0.05, 0) is 42.9 Å². The molecule has 12 heavy (non-hydrogen) atoms. The van der Waals surface area contributed by atoms with Crippen molar-refractivity contribution in [3.8, 4) is 0 Å². The van der Waals surface area contributed by atoms with Crippen LogP contribution in [-0.4, -0.2) is 5.78 Å². The highest BCUT2D eigenvalue weighted by molar-refractivity contribution is 5.85. The molecule has 3 rings (SSSR count). The summed E-state index contributed by atoms with van der Waals surface area (Å²) in [5.74, 6) is 2.76. The minimum Gasteiger partial charge on any atom is -0.299 e. The van der Waals surface area contributed by atoms with Gasteiger partial charge in [0.1, 0.15) is 5.78 Å². The van der Waals surface area contributed by atoms with Crippen LogP contribution in [-0.2, 0) is 4.79 Å². The van der Waals surface area contributed by atoms with E-state index >= 15 is 0 Å². The molecule has 0 aliphatic heterocycles. The molecule has 0 aromatic heterocycles. The van der Waals surface area contributed by atoms with Gasteiger partial charge in [-0.1, -0.05) is 6.92 Å². The summed E-state index contributed by atoms with van der Waals surface area (Å²) in [6.07, 6.45) is 6.19. The number of ketones is 1. The van der Waals surface area contributed by atoms with E-state index in [1.807, 2.05) is 0 Å². The molecule has 0 spiro atoms. The molecule has 66 valence electrons. The van der Waals surface area contributed by atoms with Crippen molar-refractivity contribution in [2.45, 2.75) is 39.0 Å². The maximum atomic E-state index is 11.7. The third kappa shape index (κ3) is 0.605. The maximum Gasteiger partial charge on any atom is 0.136 e. The van der Waals surface area contributed by atoms with Crippen molar-refractivity contribution in [2.24, 2.45) is 23.2 Å². The molecule has 1 heteroatoms. The van der Waals surface area contributed by atoms with E-state index in [4.69, 9.17) is 0 Å². The van der Waals surface area contributed by atoms with Crippen LogP contribution in [0, 0.1) is 23.2 Å². The predicted molar refractivity (Wildman–Crippen MR) is 46.7 cm³/mol. The Morgan fingerprint density at radius 3 is 3.00 bits per heavy atom. The largest absolute Gasteiger partial charge is 0.299 e. The highest BCUT2D eigenvalue weighted by Gasteiger charge is 2.60. The van der Waals surface area contributed by atoms with Gasteiger partial charge in [0.15, 0.2) is 0 Å². The molecule has 0 N–H and O–H groups in total. The number of carbonyl (C=O) groups excluding carboxylic acids is 1. The van der Waals surface area contributed by atoms with Crippen LogP contribution in [0.1, 0.15) is 39.0 Å². The van der Waals surface area contributed by atoms with E-state index in [0.29, 0.717) is 17.1 Å². The van der Waals surface area contributed by atoms with Crippen molar-refractivity contribution >= 4 is 5.78 Å². The molecule has 3 aliphatic carbocycles. The van der Waals surface area contributed by atoms with Crippen LogP contribution in [0.5, 0.6) is 0 Å². The fourth-order valence-electron chi connectivity index (χ4n) is 4.25. The summed E-state index contributed by atoms with van der Waals surface area (Å²) in [5, 5.41) is 0. The quantitative estimate of drug-likeness (QED) is 0.537. The second kappa shape index (κ2) is 1.94. The SMILES string of the molecule is C[C@]12CCC(=O)[C@H]1[C@H]1CC[C@@H]2C1. The number of Topliss-reactive ketones (excluding diaryl/α,β-unsaturated/α-hetero) is 1. The van der Waals surface area contributed by atoms with E-state index in [2.05, 4.69) is 6.92 Å². The van der Waals surface area contributed by atoms with Crippen LogP contribution in [0.3, 0.4) is 0 Å². The van der Waals surface area contributed by atoms with E-state index in [0.717, 1.165) is 18.3 Å². The Bertz CT molecular complexity index is 245. The summed E-state index contributed by atoms with van der Waals surface area (Å²) in [4.78, 5) is 11.7. The van der Waals surface area contributed by atoms with Crippen molar-refractivity contribution in [1.29, 1.82) is 0 Å². The van der Waals surface area contributed by atoms with Crippen molar-refractivity contribution < 1.29 is 4.79 Å². The van der Waals surface area contributed by atoms with Crippen LogP contribution >= 0.6 is 0 Å². The van der Waals surface area contributed by atoms with Crippen molar-refractivity contribution in [3.63, 3.8) is 0 Å². The molecule has 4 atom stereocenters. The van der Waals surface area contributed by atoms with E-state index < -0.39 is 0 Å². The first-order chi connectivity index (χ1) is 5.72. The van der Waals surface area contributed by atoms with Crippen LogP contribution in [0.4, 0.5) is 0 Å². The number of fused-ring (bicyclic) bond motifs is 5.